The summed E-state index contributed by atoms with van der Waals surface area (Å²) in [6, 6.07) is 13.4. The summed E-state index contributed by atoms with van der Waals surface area (Å²) < 4.78 is 0. The Labute approximate surface area is 186 Å². The van der Waals surface area contributed by atoms with Gasteiger partial charge in [-0.15, -0.1) is 10.2 Å². The second-order valence-electron chi connectivity index (χ2n) is 7.65. The van der Waals surface area contributed by atoms with Crippen LogP contribution < -0.4 is 11.1 Å². The third-order valence-corrected chi connectivity index (χ3v) is 5.54. The first-order valence-electron chi connectivity index (χ1n) is 10.1. The maximum atomic E-state index is 13.0. The van der Waals surface area contributed by atoms with Crippen LogP contribution in [0, 0.1) is 11.8 Å². The highest BCUT2D eigenvalue weighted by molar-refractivity contribution is 7.80. The van der Waals surface area contributed by atoms with Gasteiger partial charge in [0.15, 0.2) is 0 Å². The number of amides is 2. The van der Waals surface area contributed by atoms with E-state index < -0.39 is 0 Å². The molecule has 9 heteroatoms. The van der Waals surface area contributed by atoms with E-state index >= 15 is 0 Å². The Kier molecular flexibility index (Phi) is 7.41. The number of primary amides is 1. The summed E-state index contributed by atoms with van der Waals surface area (Å²) in [5.41, 5.74) is 9.31. The molecule has 0 aliphatic heterocycles. The van der Waals surface area contributed by atoms with Crippen molar-refractivity contribution in [1.82, 2.24) is 20.6 Å². The number of thiol groups is 1. The summed E-state index contributed by atoms with van der Waals surface area (Å²) in [6.45, 7) is 3.99. The lowest BCUT2D eigenvalue weighted by molar-refractivity contribution is -0.120. The quantitative estimate of drug-likeness (QED) is 0.382. The van der Waals surface area contributed by atoms with Gasteiger partial charge in [0.1, 0.15) is 0 Å². The van der Waals surface area contributed by atoms with Crippen molar-refractivity contribution in [3.8, 4) is 22.5 Å². The number of nitrogens with two attached hydrogens (primary N) is 1. The van der Waals surface area contributed by atoms with Gasteiger partial charge in [-0.25, -0.2) is 0 Å². The number of H-pyrrole nitrogens is 1. The highest BCUT2D eigenvalue weighted by Gasteiger charge is 2.22. The number of nitrogens with zero attached hydrogens (tertiary/aromatic N) is 3. The highest BCUT2D eigenvalue weighted by Crippen LogP contribution is 2.36. The third-order valence-electron chi connectivity index (χ3n) is 5.14. The lowest BCUT2D eigenvalue weighted by Gasteiger charge is -2.20. The molecule has 0 fully saturated rings. The summed E-state index contributed by atoms with van der Waals surface area (Å²) in [4.78, 5) is 24.2. The van der Waals surface area contributed by atoms with Gasteiger partial charge in [-0.3, -0.25) is 9.59 Å². The number of aromatic nitrogens is 4. The van der Waals surface area contributed by atoms with E-state index in [1.165, 1.54) is 0 Å². The molecule has 2 aromatic carbocycles. The summed E-state index contributed by atoms with van der Waals surface area (Å²) >= 11 is 4.35. The van der Waals surface area contributed by atoms with Crippen LogP contribution in [0.3, 0.4) is 0 Å². The van der Waals surface area contributed by atoms with E-state index in [-0.39, 0.29) is 30.1 Å². The number of tetrazole rings is 1. The number of aryl methyl sites for hydroxylation is 1. The number of carbonyl (C=O) groups excluding carboxylic acids is 2. The monoisotopic (exact) mass is 438 g/mol. The Hall–Kier alpha value is -3.20. The van der Waals surface area contributed by atoms with Crippen LogP contribution in [-0.4, -0.2) is 38.2 Å². The smallest absolute Gasteiger partial charge is 0.228 e. The minimum Gasteiger partial charge on any atom is -0.370 e. The lowest BCUT2D eigenvalue weighted by Crippen LogP contribution is -2.28. The zero-order chi connectivity index (χ0) is 22.4. The van der Waals surface area contributed by atoms with Crippen molar-refractivity contribution in [3.63, 3.8) is 0 Å². The largest absolute Gasteiger partial charge is 0.370 e. The summed E-state index contributed by atoms with van der Waals surface area (Å²) in [5.74, 6) is 0.339. The van der Waals surface area contributed by atoms with Crippen LogP contribution in [0.5, 0.6) is 0 Å². The molecule has 1 unspecified atom stereocenters. The summed E-state index contributed by atoms with van der Waals surface area (Å²) in [6.07, 6.45) is 0.725. The first-order chi connectivity index (χ1) is 14.9. The zero-order valence-corrected chi connectivity index (χ0v) is 18.4. The van der Waals surface area contributed by atoms with Crippen molar-refractivity contribution in [1.29, 1.82) is 0 Å². The van der Waals surface area contributed by atoms with E-state index in [4.69, 9.17) is 5.73 Å². The van der Waals surface area contributed by atoms with E-state index in [0.717, 1.165) is 22.3 Å². The Morgan fingerprint density at radius 2 is 1.87 bits per heavy atom. The fourth-order valence-corrected chi connectivity index (χ4v) is 3.95. The van der Waals surface area contributed by atoms with Crippen LogP contribution in [0.2, 0.25) is 0 Å². The van der Waals surface area contributed by atoms with Gasteiger partial charge in [0.05, 0.1) is 0 Å². The molecule has 162 valence electrons. The fourth-order valence-electron chi connectivity index (χ4n) is 3.36. The molecule has 2 amide bonds. The molecule has 4 N–H and O–H groups in total. The second kappa shape index (κ2) is 10.2. The van der Waals surface area contributed by atoms with Gasteiger partial charge in [0.2, 0.25) is 17.6 Å². The minimum absolute atomic E-state index is 0.102. The number of hydrogen-bond acceptors (Lipinski definition) is 6. The second-order valence-corrected chi connectivity index (χ2v) is 8.01. The van der Waals surface area contributed by atoms with Crippen LogP contribution in [0.4, 0.5) is 5.69 Å². The molecular formula is C22H26N6O2S. The van der Waals surface area contributed by atoms with Gasteiger partial charge in [0.25, 0.3) is 0 Å². The molecule has 1 heterocycles. The molecule has 0 aliphatic rings. The highest BCUT2D eigenvalue weighted by atomic mass is 32.1. The van der Waals surface area contributed by atoms with Crippen molar-refractivity contribution in [2.75, 3.05) is 11.1 Å². The normalized spacial score (nSPS) is 12.0. The number of carbonyl (C=O) groups is 2. The number of hydrogen-bond donors (Lipinski definition) is 4. The zero-order valence-electron chi connectivity index (χ0n) is 17.5. The maximum Gasteiger partial charge on any atom is 0.228 e. The van der Waals surface area contributed by atoms with Crippen molar-refractivity contribution in [2.24, 2.45) is 17.6 Å². The Morgan fingerprint density at radius 3 is 2.48 bits per heavy atom. The molecule has 3 aromatic rings. The molecule has 1 atom stereocenters. The Bertz CT molecular complexity index is 1050. The van der Waals surface area contributed by atoms with Crippen molar-refractivity contribution >= 4 is 30.1 Å². The van der Waals surface area contributed by atoms with Gasteiger partial charge in [0, 0.05) is 34.9 Å². The van der Waals surface area contributed by atoms with Crippen molar-refractivity contribution in [2.45, 2.75) is 26.7 Å². The number of benzene rings is 2. The standard InChI is InChI=1S/C22H26N6O2S/c1-13(2)18(12-31)22(30)24-19-11-14(8-10-20(23)29)7-9-16(19)15-5-3-4-6-17(15)21-25-27-28-26-21/h3-7,9,11,13,18,31H,8,10,12H2,1-2H3,(H2,23,29)(H,24,30)(H,25,26,27,28). The Balaban J connectivity index is 2.06. The first kappa shape index (κ1) is 22.5. The van der Waals surface area contributed by atoms with E-state index in [2.05, 4.69) is 38.6 Å². The number of rotatable bonds is 9. The van der Waals surface area contributed by atoms with Crippen LogP contribution in [0.15, 0.2) is 42.5 Å². The predicted molar refractivity (Wildman–Crippen MR) is 123 cm³/mol. The fraction of sp³-hybridized carbons (Fsp3) is 0.318. The van der Waals surface area contributed by atoms with Crippen LogP contribution in [0.25, 0.3) is 22.5 Å². The molecule has 0 radical (unpaired) electrons. The predicted octanol–water partition coefficient (Wildman–Crippen LogP) is 3.09. The van der Waals surface area contributed by atoms with E-state index in [1.807, 2.05) is 56.3 Å². The van der Waals surface area contributed by atoms with E-state index in [0.29, 0.717) is 23.7 Å². The number of aromatic amines is 1. The van der Waals surface area contributed by atoms with Crippen molar-refractivity contribution in [3.05, 3.63) is 48.0 Å². The minimum atomic E-state index is -0.368. The molecule has 0 spiro atoms. The van der Waals surface area contributed by atoms with Gasteiger partial charge in [-0.05, 0) is 34.7 Å². The van der Waals surface area contributed by atoms with Gasteiger partial charge in [-0.2, -0.15) is 17.8 Å². The molecule has 0 bridgehead atoms. The average Bonchev–Trinajstić information content (AvgIpc) is 3.27. The molecule has 3 rings (SSSR count). The van der Waals surface area contributed by atoms with Gasteiger partial charge >= 0.3 is 0 Å². The summed E-state index contributed by atoms with van der Waals surface area (Å²) in [7, 11) is 0. The van der Waals surface area contributed by atoms with Crippen molar-refractivity contribution < 1.29 is 9.59 Å². The molecule has 31 heavy (non-hydrogen) atoms. The molecule has 0 aliphatic carbocycles. The SMILES string of the molecule is CC(C)C(CS)C(=O)Nc1cc(CCC(N)=O)ccc1-c1ccccc1-c1nn[nH]n1. The molecule has 1 aromatic heterocycles. The number of anilines is 1. The van der Waals surface area contributed by atoms with Gasteiger partial charge < -0.3 is 11.1 Å². The van der Waals surface area contributed by atoms with Crippen LogP contribution >= 0.6 is 12.6 Å². The Morgan fingerprint density at radius 1 is 1.13 bits per heavy atom. The molecule has 0 saturated carbocycles. The molecular weight excluding hydrogens is 412 g/mol. The third kappa shape index (κ3) is 5.49. The maximum absolute atomic E-state index is 13.0. The van der Waals surface area contributed by atoms with Crippen LogP contribution in [0.1, 0.15) is 25.8 Å². The van der Waals surface area contributed by atoms with E-state index in [1.54, 1.807) is 0 Å². The van der Waals surface area contributed by atoms with Crippen LogP contribution in [-0.2, 0) is 16.0 Å². The average molecular weight is 439 g/mol. The molecule has 8 nitrogen and oxygen atoms in total. The van der Waals surface area contributed by atoms with E-state index in [9.17, 15) is 9.59 Å². The number of nitrogens with one attached hydrogen (secondary N) is 2. The first-order valence-corrected chi connectivity index (χ1v) is 10.7. The van der Waals surface area contributed by atoms with Gasteiger partial charge in [-0.1, -0.05) is 50.2 Å². The molecule has 0 saturated heterocycles. The summed E-state index contributed by atoms with van der Waals surface area (Å²) in [5, 5.41) is 17.4. The topological polar surface area (TPSA) is 127 Å². The lowest BCUT2D eigenvalue weighted by atomic mass is 9.94.